The van der Waals surface area contributed by atoms with Gasteiger partial charge >= 0.3 is 0 Å². The van der Waals surface area contributed by atoms with Crippen molar-refractivity contribution in [2.24, 2.45) is 0 Å². The molecular weight excluding hydrogens is 266 g/mol. The standard InChI is InChI=1S/C16H23N3O2/c20-11-9-13-4-1-2-10-19(13)16(21)14-5-3-6-15(18-14)17-12-7-8-12/h3,5-6,12-13,20H,1-2,4,7-11H2,(H,17,18). The molecule has 0 aromatic carbocycles. The van der Waals surface area contributed by atoms with Crippen LogP contribution in [0.5, 0.6) is 0 Å². The Labute approximate surface area is 125 Å². The van der Waals surface area contributed by atoms with Crippen LogP contribution in [0.2, 0.25) is 0 Å². The highest BCUT2D eigenvalue weighted by molar-refractivity contribution is 5.93. The minimum absolute atomic E-state index is 0.00685. The van der Waals surface area contributed by atoms with Gasteiger partial charge in [-0.25, -0.2) is 4.98 Å². The van der Waals surface area contributed by atoms with Gasteiger partial charge < -0.3 is 15.3 Å². The average Bonchev–Trinajstić information content (AvgIpc) is 3.32. The molecule has 2 N–H and O–H groups in total. The molecule has 1 unspecified atom stereocenters. The fourth-order valence-electron chi connectivity index (χ4n) is 2.94. The van der Waals surface area contributed by atoms with Gasteiger partial charge in [-0.3, -0.25) is 4.79 Å². The molecule has 0 radical (unpaired) electrons. The van der Waals surface area contributed by atoms with Crippen molar-refractivity contribution in [1.82, 2.24) is 9.88 Å². The first-order valence-electron chi connectivity index (χ1n) is 7.93. The summed E-state index contributed by atoms with van der Waals surface area (Å²) in [7, 11) is 0. The van der Waals surface area contributed by atoms with Crippen molar-refractivity contribution in [2.75, 3.05) is 18.5 Å². The van der Waals surface area contributed by atoms with E-state index in [-0.39, 0.29) is 18.6 Å². The zero-order chi connectivity index (χ0) is 14.7. The maximum absolute atomic E-state index is 12.7. The number of amides is 1. The van der Waals surface area contributed by atoms with Crippen molar-refractivity contribution in [3.63, 3.8) is 0 Å². The third-order valence-corrected chi connectivity index (χ3v) is 4.25. The summed E-state index contributed by atoms with van der Waals surface area (Å²) in [6.45, 7) is 0.899. The Balaban J connectivity index is 1.73. The zero-order valence-electron chi connectivity index (χ0n) is 12.3. The highest BCUT2D eigenvalue weighted by Crippen LogP contribution is 2.25. The number of aromatic nitrogens is 1. The zero-order valence-corrected chi connectivity index (χ0v) is 12.3. The molecule has 2 fully saturated rings. The number of rotatable bonds is 5. The summed E-state index contributed by atoms with van der Waals surface area (Å²) in [6.07, 6.45) is 6.17. The van der Waals surface area contributed by atoms with Gasteiger partial charge in [-0.15, -0.1) is 0 Å². The molecule has 1 saturated carbocycles. The van der Waals surface area contributed by atoms with Crippen molar-refractivity contribution in [2.45, 2.75) is 50.6 Å². The van der Waals surface area contributed by atoms with Crippen LogP contribution in [0.3, 0.4) is 0 Å². The molecule has 1 saturated heterocycles. The van der Waals surface area contributed by atoms with Crippen molar-refractivity contribution in [1.29, 1.82) is 0 Å². The summed E-state index contributed by atoms with van der Waals surface area (Å²) in [5.74, 6) is 0.784. The second kappa shape index (κ2) is 6.43. The van der Waals surface area contributed by atoms with Crippen molar-refractivity contribution >= 4 is 11.7 Å². The lowest BCUT2D eigenvalue weighted by Gasteiger charge is -2.35. The van der Waals surface area contributed by atoms with Crippen LogP contribution in [0, 0.1) is 0 Å². The molecule has 2 aliphatic rings. The Kier molecular flexibility index (Phi) is 4.39. The normalized spacial score (nSPS) is 22.1. The van der Waals surface area contributed by atoms with E-state index in [2.05, 4.69) is 10.3 Å². The Morgan fingerprint density at radius 1 is 1.33 bits per heavy atom. The molecule has 3 rings (SSSR count). The second-order valence-electron chi connectivity index (χ2n) is 5.99. The number of likely N-dealkylation sites (tertiary alicyclic amines) is 1. The molecule has 2 heterocycles. The molecular formula is C16H23N3O2. The predicted molar refractivity (Wildman–Crippen MR) is 81.3 cm³/mol. The highest BCUT2D eigenvalue weighted by Gasteiger charge is 2.28. The average molecular weight is 289 g/mol. The number of carbonyl (C=O) groups excluding carboxylic acids is 1. The number of piperidine rings is 1. The molecule has 0 bridgehead atoms. The monoisotopic (exact) mass is 289 g/mol. The van der Waals surface area contributed by atoms with Gasteiger partial charge in [0.05, 0.1) is 0 Å². The summed E-state index contributed by atoms with van der Waals surface area (Å²) in [6, 6.07) is 6.26. The second-order valence-corrected chi connectivity index (χ2v) is 5.99. The van der Waals surface area contributed by atoms with Gasteiger partial charge in [-0.2, -0.15) is 0 Å². The molecule has 1 aromatic heterocycles. The number of anilines is 1. The van der Waals surface area contributed by atoms with Crippen LogP contribution in [0.15, 0.2) is 18.2 Å². The first-order valence-corrected chi connectivity index (χ1v) is 7.93. The number of nitrogens with one attached hydrogen (secondary N) is 1. The fraction of sp³-hybridized carbons (Fsp3) is 0.625. The van der Waals surface area contributed by atoms with Crippen molar-refractivity contribution in [3.05, 3.63) is 23.9 Å². The lowest BCUT2D eigenvalue weighted by molar-refractivity contribution is 0.0569. The Morgan fingerprint density at radius 3 is 2.95 bits per heavy atom. The van der Waals surface area contributed by atoms with Gasteiger partial charge in [0.1, 0.15) is 11.5 Å². The Bertz CT molecular complexity index is 500. The summed E-state index contributed by atoms with van der Waals surface area (Å²) in [5.41, 5.74) is 0.505. The van der Waals surface area contributed by atoms with E-state index in [9.17, 15) is 9.90 Å². The van der Waals surface area contributed by atoms with Crippen LogP contribution in [-0.2, 0) is 0 Å². The minimum Gasteiger partial charge on any atom is -0.396 e. The molecule has 114 valence electrons. The number of hydrogen-bond acceptors (Lipinski definition) is 4. The van der Waals surface area contributed by atoms with Crippen LogP contribution in [0.1, 0.15) is 49.0 Å². The fourth-order valence-corrected chi connectivity index (χ4v) is 2.94. The molecule has 1 aliphatic heterocycles. The Morgan fingerprint density at radius 2 is 2.19 bits per heavy atom. The third-order valence-electron chi connectivity index (χ3n) is 4.25. The van der Waals surface area contributed by atoms with Crippen LogP contribution in [-0.4, -0.2) is 46.1 Å². The Hall–Kier alpha value is -1.62. The SMILES string of the molecule is O=C(c1cccc(NC2CC2)n1)N1CCCCC1CCO. The van der Waals surface area contributed by atoms with E-state index < -0.39 is 0 Å². The lowest BCUT2D eigenvalue weighted by atomic mass is 9.99. The maximum Gasteiger partial charge on any atom is 0.272 e. The first kappa shape index (κ1) is 14.3. The molecule has 1 aliphatic carbocycles. The molecule has 1 amide bonds. The molecule has 5 nitrogen and oxygen atoms in total. The van der Waals surface area contributed by atoms with Gasteiger partial charge in [0, 0.05) is 25.2 Å². The van der Waals surface area contributed by atoms with Crippen LogP contribution in [0.4, 0.5) is 5.82 Å². The molecule has 5 heteroatoms. The van der Waals surface area contributed by atoms with E-state index in [1.807, 2.05) is 17.0 Å². The molecule has 1 aromatic rings. The number of carbonyl (C=O) groups is 1. The topological polar surface area (TPSA) is 65.5 Å². The minimum atomic E-state index is -0.00685. The highest BCUT2D eigenvalue weighted by atomic mass is 16.3. The van der Waals surface area contributed by atoms with Crippen molar-refractivity contribution < 1.29 is 9.90 Å². The number of aliphatic hydroxyl groups excluding tert-OH is 1. The maximum atomic E-state index is 12.7. The summed E-state index contributed by atoms with van der Waals surface area (Å²) in [5, 5.41) is 12.5. The van der Waals surface area contributed by atoms with Gasteiger partial charge in [0.15, 0.2) is 0 Å². The van der Waals surface area contributed by atoms with Crippen LogP contribution >= 0.6 is 0 Å². The summed E-state index contributed by atoms with van der Waals surface area (Å²) < 4.78 is 0. The lowest BCUT2D eigenvalue weighted by Crippen LogP contribution is -2.44. The molecule has 0 spiro atoms. The van der Waals surface area contributed by atoms with E-state index in [0.717, 1.165) is 31.6 Å². The van der Waals surface area contributed by atoms with Gasteiger partial charge in [0.2, 0.25) is 0 Å². The number of aliphatic hydroxyl groups is 1. The number of pyridine rings is 1. The van der Waals surface area contributed by atoms with Gasteiger partial charge in [0.25, 0.3) is 5.91 Å². The smallest absolute Gasteiger partial charge is 0.272 e. The molecule has 1 atom stereocenters. The van der Waals surface area contributed by atoms with E-state index >= 15 is 0 Å². The van der Waals surface area contributed by atoms with E-state index in [0.29, 0.717) is 18.2 Å². The number of hydrogen-bond donors (Lipinski definition) is 2. The first-order chi connectivity index (χ1) is 10.3. The molecule has 21 heavy (non-hydrogen) atoms. The predicted octanol–water partition coefficient (Wildman–Crippen LogP) is 2.03. The third kappa shape index (κ3) is 3.53. The van der Waals surface area contributed by atoms with Crippen LogP contribution in [0.25, 0.3) is 0 Å². The van der Waals surface area contributed by atoms with E-state index in [4.69, 9.17) is 0 Å². The summed E-state index contributed by atoms with van der Waals surface area (Å²) >= 11 is 0. The quantitative estimate of drug-likeness (QED) is 0.870. The van der Waals surface area contributed by atoms with E-state index in [1.165, 1.54) is 12.8 Å². The number of nitrogens with zero attached hydrogens (tertiary/aromatic N) is 2. The van der Waals surface area contributed by atoms with Crippen LogP contribution < -0.4 is 5.32 Å². The van der Waals surface area contributed by atoms with Gasteiger partial charge in [-0.1, -0.05) is 6.07 Å². The van der Waals surface area contributed by atoms with Crippen molar-refractivity contribution in [3.8, 4) is 0 Å². The summed E-state index contributed by atoms with van der Waals surface area (Å²) in [4.78, 5) is 19.0. The largest absolute Gasteiger partial charge is 0.396 e. The van der Waals surface area contributed by atoms with Gasteiger partial charge in [-0.05, 0) is 50.7 Å². The van der Waals surface area contributed by atoms with E-state index in [1.54, 1.807) is 6.07 Å².